The SMILES string of the molecule is CC1(C)O[C@@H]2[C@H](O1)[C@@H](Nc1cncc(C(F)(F)F)n1)CO[C@@H]2CNC(=O)c1cnco1. The van der Waals surface area contributed by atoms with Crippen LogP contribution in [0, 0.1) is 0 Å². The van der Waals surface area contributed by atoms with Crippen LogP contribution in [0.2, 0.25) is 0 Å². The van der Waals surface area contributed by atoms with Crippen molar-refractivity contribution < 1.29 is 36.6 Å². The standard InChI is InChI=1S/C18H20F3N5O5/c1-17(2)30-14-9(25-13-6-22-5-12(26-13)18(19,20)21)7-28-10(15(14)31-17)4-24-16(27)11-3-23-8-29-11/h3,5-6,8-10,14-15H,4,7H2,1-2H3,(H,24,27)(H,25,26)/t9-,10+,14+,15-/m0/s1. The molecule has 13 heteroatoms. The number of ether oxygens (including phenoxy) is 3. The van der Waals surface area contributed by atoms with E-state index in [9.17, 15) is 18.0 Å². The number of aromatic nitrogens is 3. The first-order chi connectivity index (χ1) is 14.6. The number of rotatable bonds is 5. The van der Waals surface area contributed by atoms with Gasteiger partial charge in [-0.15, -0.1) is 0 Å². The number of oxazole rings is 1. The Hall–Kier alpha value is -2.77. The van der Waals surface area contributed by atoms with Gasteiger partial charge in [0.05, 0.1) is 31.2 Å². The van der Waals surface area contributed by atoms with Crippen LogP contribution in [0.15, 0.2) is 29.4 Å². The van der Waals surface area contributed by atoms with Crippen molar-refractivity contribution in [1.82, 2.24) is 20.3 Å². The smallest absolute Gasteiger partial charge is 0.434 e. The molecule has 0 aliphatic carbocycles. The van der Waals surface area contributed by atoms with Crippen LogP contribution in [-0.2, 0) is 20.4 Å². The van der Waals surface area contributed by atoms with Gasteiger partial charge in [0.2, 0.25) is 5.76 Å². The van der Waals surface area contributed by atoms with E-state index in [2.05, 4.69) is 25.6 Å². The fraction of sp³-hybridized carbons (Fsp3) is 0.556. The molecule has 2 aromatic heterocycles. The second-order valence-electron chi connectivity index (χ2n) is 7.55. The number of alkyl halides is 3. The number of anilines is 1. The maximum Gasteiger partial charge on any atom is 0.434 e. The van der Waals surface area contributed by atoms with Crippen molar-refractivity contribution in [3.05, 3.63) is 36.4 Å². The first kappa shape index (κ1) is 21.5. The average Bonchev–Trinajstić information content (AvgIpc) is 3.34. The van der Waals surface area contributed by atoms with Gasteiger partial charge in [-0.25, -0.2) is 9.97 Å². The van der Waals surface area contributed by atoms with Crippen molar-refractivity contribution in [3.63, 3.8) is 0 Å². The number of nitrogens with zero attached hydrogens (tertiary/aromatic N) is 3. The van der Waals surface area contributed by atoms with Gasteiger partial charge in [0.25, 0.3) is 5.91 Å². The molecule has 2 aliphatic rings. The molecule has 0 radical (unpaired) electrons. The zero-order chi connectivity index (χ0) is 22.2. The predicted octanol–water partition coefficient (Wildman–Crippen LogP) is 1.61. The Morgan fingerprint density at radius 1 is 1.19 bits per heavy atom. The summed E-state index contributed by atoms with van der Waals surface area (Å²) in [7, 11) is 0. The molecule has 0 saturated carbocycles. The Morgan fingerprint density at radius 2 is 1.97 bits per heavy atom. The van der Waals surface area contributed by atoms with Gasteiger partial charge < -0.3 is 29.3 Å². The maximum absolute atomic E-state index is 12.9. The van der Waals surface area contributed by atoms with Crippen LogP contribution in [0.25, 0.3) is 0 Å². The first-order valence-corrected chi connectivity index (χ1v) is 9.42. The van der Waals surface area contributed by atoms with Crippen LogP contribution in [0.3, 0.4) is 0 Å². The zero-order valence-electron chi connectivity index (χ0n) is 16.5. The van der Waals surface area contributed by atoms with E-state index in [-0.39, 0.29) is 24.7 Å². The molecule has 0 spiro atoms. The van der Waals surface area contributed by atoms with Crippen molar-refractivity contribution in [2.24, 2.45) is 0 Å². The number of hydrogen-bond acceptors (Lipinski definition) is 9. The highest BCUT2D eigenvalue weighted by Gasteiger charge is 2.52. The number of carbonyl (C=O) groups is 1. The van der Waals surface area contributed by atoms with Crippen LogP contribution in [0.1, 0.15) is 30.1 Å². The lowest BCUT2D eigenvalue weighted by Crippen LogP contribution is -2.57. The second kappa shape index (κ2) is 8.05. The molecule has 0 aromatic carbocycles. The van der Waals surface area contributed by atoms with E-state index in [4.69, 9.17) is 18.6 Å². The summed E-state index contributed by atoms with van der Waals surface area (Å²) in [4.78, 5) is 23.0. The topological polar surface area (TPSA) is 121 Å². The van der Waals surface area contributed by atoms with Crippen LogP contribution in [-0.4, -0.2) is 64.2 Å². The monoisotopic (exact) mass is 443 g/mol. The van der Waals surface area contributed by atoms with E-state index in [1.165, 1.54) is 12.4 Å². The van der Waals surface area contributed by atoms with Crippen molar-refractivity contribution >= 4 is 11.7 Å². The Balaban J connectivity index is 1.45. The van der Waals surface area contributed by atoms with E-state index in [0.717, 1.165) is 6.39 Å². The Kier molecular flexibility index (Phi) is 5.58. The van der Waals surface area contributed by atoms with Crippen LogP contribution < -0.4 is 10.6 Å². The molecule has 2 fully saturated rings. The number of hydrogen-bond donors (Lipinski definition) is 2. The van der Waals surface area contributed by atoms with Gasteiger partial charge in [-0.1, -0.05) is 0 Å². The number of fused-ring (bicyclic) bond motifs is 1. The molecule has 4 heterocycles. The number of nitrogens with one attached hydrogen (secondary N) is 2. The van der Waals surface area contributed by atoms with E-state index < -0.39 is 47.9 Å². The molecule has 0 bridgehead atoms. The fourth-order valence-electron chi connectivity index (χ4n) is 3.50. The predicted molar refractivity (Wildman–Crippen MR) is 96.8 cm³/mol. The second-order valence-corrected chi connectivity index (χ2v) is 7.55. The number of amides is 1. The molecule has 0 unspecified atom stereocenters. The number of carbonyl (C=O) groups excluding carboxylic acids is 1. The lowest BCUT2D eigenvalue weighted by atomic mass is 9.98. The van der Waals surface area contributed by atoms with Crippen molar-refractivity contribution in [2.75, 3.05) is 18.5 Å². The van der Waals surface area contributed by atoms with E-state index in [1.807, 2.05) is 0 Å². The molecule has 4 rings (SSSR count). The van der Waals surface area contributed by atoms with Crippen LogP contribution in [0.4, 0.5) is 19.0 Å². The third-order valence-electron chi connectivity index (χ3n) is 4.79. The highest BCUT2D eigenvalue weighted by molar-refractivity contribution is 5.90. The molecule has 10 nitrogen and oxygen atoms in total. The van der Waals surface area contributed by atoms with Gasteiger partial charge in [0.15, 0.2) is 17.9 Å². The zero-order valence-corrected chi connectivity index (χ0v) is 16.5. The third-order valence-corrected chi connectivity index (χ3v) is 4.79. The summed E-state index contributed by atoms with van der Waals surface area (Å²) in [5.74, 6) is -1.42. The summed E-state index contributed by atoms with van der Waals surface area (Å²) in [5, 5.41) is 5.58. The van der Waals surface area contributed by atoms with Gasteiger partial charge in [-0.05, 0) is 13.8 Å². The van der Waals surface area contributed by atoms with Crippen molar-refractivity contribution in [3.8, 4) is 0 Å². The average molecular weight is 443 g/mol. The molecule has 31 heavy (non-hydrogen) atoms. The van der Waals surface area contributed by atoms with Gasteiger partial charge in [0.1, 0.15) is 24.1 Å². The van der Waals surface area contributed by atoms with Crippen molar-refractivity contribution in [2.45, 2.75) is 50.2 Å². The quantitative estimate of drug-likeness (QED) is 0.710. The summed E-state index contributed by atoms with van der Waals surface area (Å²) < 4.78 is 61.5. The highest BCUT2D eigenvalue weighted by atomic mass is 19.4. The van der Waals surface area contributed by atoms with E-state index in [1.54, 1.807) is 13.8 Å². The molecule has 2 aliphatic heterocycles. The molecule has 2 N–H and O–H groups in total. The third kappa shape index (κ3) is 4.78. The van der Waals surface area contributed by atoms with Gasteiger partial charge in [-0.3, -0.25) is 9.78 Å². The normalized spacial score (nSPS) is 27.5. The van der Waals surface area contributed by atoms with E-state index >= 15 is 0 Å². The molecule has 2 aromatic rings. The van der Waals surface area contributed by atoms with Crippen molar-refractivity contribution in [1.29, 1.82) is 0 Å². The lowest BCUT2D eigenvalue weighted by Gasteiger charge is -2.37. The molecule has 1 amide bonds. The minimum absolute atomic E-state index is 0.0546. The Morgan fingerprint density at radius 3 is 2.68 bits per heavy atom. The first-order valence-electron chi connectivity index (χ1n) is 9.42. The lowest BCUT2D eigenvalue weighted by molar-refractivity contribution is -0.153. The Labute approximate surface area is 174 Å². The Bertz CT molecular complexity index is 924. The summed E-state index contributed by atoms with van der Waals surface area (Å²) >= 11 is 0. The van der Waals surface area contributed by atoms with Gasteiger partial charge in [0, 0.05) is 6.54 Å². The van der Waals surface area contributed by atoms with Crippen LogP contribution >= 0.6 is 0 Å². The highest BCUT2D eigenvalue weighted by Crippen LogP contribution is 2.36. The summed E-state index contributed by atoms with van der Waals surface area (Å²) in [6.07, 6.45) is -2.05. The summed E-state index contributed by atoms with van der Waals surface area (Å²) in [6, 6.07) is -0.550. The minimum atomic E-state index is -4.61. The largest absolute Gasteiger partial charge is 0.438 e. The van der Waals surface area contributed by atoms with Gasteiger partial charge in [-0.2, -0.15) is 13.2 Å². The fourth-order valence-corrected chi connectivity index (χ4v) is 3.50. The molecule has 4 atom stereocenters. The molecular weight excluding hydrogens is 423 g/mol. The summed E-state index contributed by atoms with van der Waals surface area (Å²) in [5.41, 5.74) is -1.11. The molecule has 168 valence electrons. The van der Waals surface area contributed by atoms with E-state index in [0.29, 0.717) is 6.20 Å². The van der Waals surface area contributed by atoms with Gasteiger partial charge >= 0.3 is 6.18 Å². The van der Waals surface area contributed by atoms with Crippen LogP contribution in [0.5, 0.6) is 0 Å². The number of halogens is 3. The minimum Gasteiger partial charge on any atom is -0.438 e. The molecular formula is C18H20F3N5O5. The summed E-state index contributed by atoms with van der Waals surface area (Å²) in [6.45, 7) is 3.63. The maximum atomic E-state index is 12.9. The molecule has 2 saturated heterocycles.